The number of carbonyl (C=O) groups is 4. The number of nitrogens with two attached hydrogens (primary N) is 1. The Labute approximate surface area is 258 Å². The van der Waals surface area contributed by atoms with Crippen LogP contribution in [0.15, 0.2) is 66.7 Å². The van der Waals surface area contributed by atoms with Gasteiger partial charge in [-0.15, -0.1) is 0 Å². The number of amides is 3. The largest absolute Gasteiger partial charge is 0.527 e. The average Bonchev–Trinajstić information content (AvgIpc) is 3.34. The average molecular weight is 638 g/mol. The van der Waals surface area contributed by atoms with Gasteiger partial charge < -0.3 is 30.4 Å². The number of rotatable bonds is 11. The Balaban J connectivity index is 1.26. The van der Waals surface area contributed by atoms with E-state index in [-0.39, 0.29) is 44.1 Å². The molecule has 3 atom stereocenters. The first-order valence-corrected chi connectivity index (χ1v) is 15.6. The van der Waals surface area contributed by atoms with Crippen molar-refractivity contribution in [2.45, 2.75) is 43.9 Å². The van der Waals surface area contributed by atoms with Gasteiger partial charge in [-0.25, -0.2) is 14.2 Å². The first-order valence-electron chi connectivity index (χ1n) is 14.1. The number of alkyl carbamates (subject to hydrolysis) is 1. The van der Waals surface area contributed by atoms with Crippen molar-refractivity contribution in [1.82, 2.24) is 10.6 Å². The number of hydrogen-bond donors (Lipinski definition) is 4. The maximum absolute atomic E-state index is 13.4. The molecule has 0 aromatic heterocycles. The highest BCUT2D eigenvalue weighted by Crippen LogP contribution is 2.50. The fraction of sp³-hybridized carbons (Fsp3) is 0.290. The summed E-state index contributed by atoms with van der Waals surface area (Å²) >= 11 is 0. The Morgan fingerprint density at radius 3 is 2.31 bits per heavy atom. The quantitative estimate of drug-likeness (QED) is 0.179. The summed E-state index contributed by atoms with van der Waals surface area (Å²) in [5, 5.41) is 5.08. The highest BCUT2D eigenvalue weighted by atomic mass is 31.2. The second-order valence-electron chi connectivity index (χ2n) is 10.6. The zero-order valence-electron chi connectivity index (χ0n) is 24.3. The van der Waals surface area contributed by atoms with E-state index in [1.807, 2.05) is 48.5 Å². The number of carbonyl (C=O) groups excluding carboxylic acids is 4. The van der Waals surface area contributed by atoms with Crippen LogP contribution in [0.1, 0.15) is 41.0 Å². The van der Waals surface area contributed by atoms with Gasteiger partial charge >= 0.3 is 19.9 Å². The summed E-state index contributed by atoms with van der Waals surface area (Å²) in [4.78, 5) is 60.0. The lowest BCUT2D eigenvalue weighted by atomic mass is 9.98. The zero-order valence-corrected chi connectivity index (χ0v) is 25.2. The number of esters is 1. The smallest absolute Gasteiger partial charge is 0.467 e. The minimum Gasteiger partial charge on any atom is -0.467 e. The second kappa shape index (κ2) is 13.5. The summed E-state index contributed by atoms with van der Waals surface area (Å²) in [6.07, 6.45) is -1.28. The lowest BCUT2D eigenvalue weighted by molar-refractivity contribution is -0.145. The number of ether oxygens (including phenoxy) is 2. The number of hydrogen-bond acceptors (Lipinski definition) is 9. The second-order valence-corrected chi connectivity index (χ2v) is 12.0. The lowest BCUT2D eigenvalue weighted by Crippen LogP contribution is -2.52. The van der Waals surface area contributed by atoms with E-state index in [4.69, 9.17) is 24.3 Å². The van der Waals surface area contributed by atoms with Crippen LogP contribution >= 0.6 is 7.82 Å². The van der Waals surface area contributed by atoms with Crippen molar-refractivity contribution in [3.63, 3.8) is 0 Å². The Bertz CT molecular complexity index is 1630. The third kappa shape index (κ3) is 7.51. The van der Waals surface area contributed by atoms with E-state index in [1.165, 1.54) is 6.07 Å². The summed E-state index contributed by atoms with van der Waals surface area (Å²) in [7, 11) is -3.03. The predicted molar refractivity (Wildman–Crippen MR) is 160 cm³/mol. The molecule has 236 valence electrons. The van der Waals surface area contributed by atoms with E-state index in [1.54, 1.807) is 12.1 Å². The minimum atomic E-state index is -4.19. The summed E-state index contributed by atoms with van der Waals surface area (Å²) < 4.78 is 31.9. The molecule has 0 bridgehead atoms. The van der Waals surface area contributed by atoms with E-state index < -0.39 is 43.8 Å². The molecule has 0 fully saturated rings. The molecular formula is C31H32N3O10P. The molecule has 1 aliphatic carbocycles. The number of fused-ring (bicyclic) bond motifs is 4. The van der Waals surface area contributed by atoms with Crippen LogP contribution in [0.3, 0.4) is 0 Å². The summed E-state index contributed by atoms with van der Waals surface area (Å²) in [6, 6.07) is 17.9. The number of benzene rings is 3. The van der Waals surface area contributed by atoms with Crippen molar-refractivity contribution in [1.29, 1.82) is 0 Å². The molecule has 1 aliphatic heterocycles. The molecular weight excluding hydrogens is 605 g/mol. The highest BCUT2D eigenvalue weighted by Gasteiger charge is 2.33. The Morgan fingerprint density at radius 2 is 1.67 bits per heavy atom. The van der Waals surface area contributed by atoms with Crippen LogP contribution in [0, 0.1) is 0 Å². The molecule has 0 saturated carbocycles. The van der Waals surface area contributed by atoms with E-state index in [0.717, 1.165) is 29.4 Å². The fourth-order valence-corrected chi connectivity index (χ4v) is 6.23. The van der Waals surface area contributed by atoms with Crippen molar-refractivity contribution in [2.75, 3.05) is 13.7 Å². The Kier molecular flexibility index (Phi) is 9.52. The molecule has 5 N–H and O–H groups in total. The van der Waals surface area contributed by atoms with Crippen molar-refractivity contribution < 1.29 is 47.2 Å². The summed E-state index contributed by atoms with van der Waals surface area (Å²) in [6.45, 7) is -0.183. The number of primary amides is 1. The molecule has 45 heavy (non-hydrogen) atoms. The van der Waals surface area contributed by atoms with Crippen molar-refractivity contribution in [3.05, 3.63) is 89.0 Å². The molecule has 2 aliphatic rings. The molecule has 0 spiro atoms. The van der Waals surface area contributed by atoms with Gasteiger partial charge in [0.2, 0.25) is 11.8 Å². The fourth-order valence-electron chi connectivity index (χ4n) is 5.44. The Morgan fingerprint density at radius 1 is 1.00 bits per heavy atom. The van der Waals surface area contributed by atoms with Crippen LogP contribution in [0.2, 0.25) is 0 Å². The van der Waals surface area contributed by atoms with Crippen molar-refractivity contribution >= 4 is 31.7 Å². The standard InChI is InChI=1S/C31H32N3O10P/c1-41-30(37)26(15-18-10-12-27-19(14-18)16-43-45(39,40)44-27)33-29(36)25(11-13-28(32)35)34-31(38)42-17-24-22-8-4-2-6-20(22)21-7-3-5-9-23(21)24/h2-10,12,14,24-26H,11,13,15-17H2,1H3,(H2,32,35)(H,33,36)(H,34,38)(H,39,40)/t25-,26-/m0/s1. The Hall–Kier alpha value is -4.71. The molecule has 3 amide bonds. The zero-order chi connectivity index (χ0) is 32.1. The number of phosphoric ester groups is 1. The van der Waals surface area contributed by atoms with Gasteiger partial charge in [0.05, 0.1) is 13.7 Å². The number of methoxy groups -OCH3 is 1. The molecule has 3 aromatic carbocycles. The topological polar surface area (TPSA) is 193 Å². The molecule has 5 rings (SSSR count). The van der Waals surface area contributed by atoms with E-state index in [0.29, 0.717) is 11.1 Å². The van der Waals surface area contributed by atoms with Crippen LogP contribution in [-0.2, 0) is 46.0 Å². The normalized spacial score (nSPS) is 17.8. The van der Waals surface area contributed by atoms with E-state index >= 15 is 0 Å². The summed E-state index contributed by atoms with van der Waals surface area (Å²) in [5.41, 5.74) is 10.5. The molecule has 0 radical (unpaired) electrons. The molecule has 0 saturated heterocycles. The van der Waals surface area contributed by atoms with Crippen molar-refractivity contribution in [2.24, 2.45) is 5.73 Å². The lowest BCUT2D eigenvalue weighted by Gasteiger charge is -2.24. The van der Waals surface area contributed by atoms with Gasteiger partial charge in [0, 0.05) is 24.3 Å². The van der Waals surface area contributed by atoms with Crippen LogP contribution < -0.4 is 20.9 Å². The number of phosphoric acid groups is 1. The first kappa shape index (κ1) is 31.7. The van der Waals surface area contributed by atoms with Gasteiger partial charge in [-0.3, -0.25) is 19.0 Å². The molecule has 1 unspecified atom stereocenters. The SMILES string of the molecule is COC(=O)[C@H](Cc1ccc2c(c1)COP(=O)(O)O2)NC(=O)[C@H](CCC(N)=O)NC(=O)OCC1c2ccccc2-c2ccccc21. The van der Waals surface area contributed by atoms with Crippen molar-refractivity contribution in [3.8, 4) is 16.9 Å². The van der Waals surface area contributed by atoms with Gasteiger partial charge in [0.15, 0.2) is 0 Å². The molecule has 13 nitrogen and oxygen atoms in total. The van der Waals surface area contributed by atoms with E-state index in [9.17, 15) is 28.6 Å². The van der Waals surface area contributed by atoms with Gasteiger partial charge in [0.1, 0.15) is 24.4 Å². The van der Waals surface area contributed by atoms with Crippen LogP contribution in [0.25, 0.3) is 11.1 Å². The van der Waals surface area contributed by atoms with Crippen LogP contribution in [0.4, 0.5) is 4.79 Å². The van der Waals surface area contributed by atoms with Gasteiger partial charge in [-0.1, -0.05) is 54.6 Å². The minimum absolute atomic E-state index is 0.00625. The monoisotopic (exact) mass is 637 g/mol. The maximum atomic E-state index is 13.4. The van der Waals surface area contributed by atoms with Gasteiger partial charge in [-0.2, -0.15) is 0 Å². The third-order valence-electron chi connectivity index (χ3n) is 7.60. The molecule has 1 heterocycles. The van der Waals surface area contributed by atoms with Gasteiger partial charge in [0.25, 0.3) is 0 Å². The third-order valence-corrected chi connectivity index (χ3v) is 8.48. The number of nitrogens with one attached hydrogen (secondary N) is 2. The maximum Gasteiger partial charge on any atom is 0.527 e. The summed E-state index contributed by atoms with van der Waals surface area (Å²) in [5.74, 6) is -2.25. The highest BCUT2D eigenvalue weighted by molar-refractivity contribution is 7.47. The van der Waals surface area contributed by atoms with Gasteiger partial charge in [-0.05, 0) is 46.4 Å². The van der Waals surface area contributed by atoms with E-state index in [2.05, 4.69) is 10.6 Å². The predicted octanol–water partition coefficient (Wildman–Crippen LogP) is 3.07. The van der Waals surface area contributed by atoms with Crippen LogP contribution in [-0.4, -0.2) is 54.6 Å². The molecule has 3 aromatic rings. The first-order chi connectivity index (χ1) is 21.5. The van der Waals surface area contributed by atoms with Crippen LogP contribution in [0.5, 0.6) is 5.75 Å². The molecule has 14 heteroatoms.